The Morgan fingerprint density at radius 1 is 0.913 bits per heavy atom. The van der Waals surface area contributed by atoms with Crippen LogP contribution in [-0.2, 0) is 12.0 Å². The van der Waals surface area contributed by atoms with Gasteiger partial charge < -0.3 is 0 Å². The lowest BCUT2D eigenvalue weighted by Gasteiger charge is -2.18. The van der Waals surface area contributed by atoms with Crippen molar-refractivity contribution in [3.8, 4) is 0 Å². The lowest BCUT2D eigenvalue weighted by atomic mass is 9.86. The average molecular weight is 304 g/mol. The lowest BCUT2D eigenvalue weighted by Crippen LogP contribution is -2.38. The van der Waals surface area contributed by atoms with Crippen LogP contribution in [0, 0.1) is 0 Å². The maximum atomic E-state index is 12.6. The Kier molecular flexibility index (Phi) is 3.99. The third-order valence-electron chi connectivity index (χ3n) is 4.17. The molecule has 0 N–H and O–H groups in total. The fourth-order valence-electron chi connectivity index (χ4n) is 2.76. The molecule has 2 heteroatoms. The molecule has 0 aliphatic heterocycles. The fraction of sp³-hybridized carbons (Fsp3) is 0.238. The summed E-state index contributed by atoms with van der Waals surface area (Å²) in [6.45, 7) is 6.89. The summed E-state index contributed by atoms with van der Waals surface area (Å²) in [5.74, 6) is 0.131. The number of hydrogen-bond donors (Lipinski definition) is 0. The number of aromatic nitrogens is 1. The van der Waals surface area contributed by atoms with E-state index in [1.54, 1.807) is 0 Å². The highest BCUT2D eigenvalue weighted by Gasteiger charge is 2.17. The van der Waals surface area contributed by atoms with Gasteiger partial charge in [-0.05, 0) is 23.1 Å². The van der Waals surface area contributed by atoms with E-state index >= 15 is 0 Å². The number of nitrogens with zero attached hydrogens (tertiary/aromatic N) is 1. The van der Waals surface area contributed by atoms with Gasteiger partial charge in [-0.25, -0.2) is 0 Å². The predicted octanol–water partition coefficient (Wildman–Crippen LogP) is 4.31. The highest BCUT2D eigenvalue weighted by Crippen LogP contribution is 2.22. The second-order valence-corrected chi connectivity index (χ2v) is 6.95. The summed E-state index contributed by atoms with van der Waals surface area (Å²) in [6, 6.07) is 20.2. The molecule has 2 aromatic carbocycles. The van der Waals surface area contributed by atoms with Gasteiger partial charge in [0.05, 0.1) is 0 Å². The zero-order chi connectivity index (χ0) is 16.4. The number of ketones is 1. The molecule has 0 aliphatic carbocycles. The van der Waals surface area contributed by atoms with E-state index in [0.717, 1.165) is 16.5 Å². The molecule has 1 heterocycles. The summed E-state index contributed by atoms with van der Waals surface area (Å²) in [6.07, 6.45) is 1.96. The first kappa shape index (κ1) is 15.4. The molecule has 0 unspecified atom stereocenters. The smallest absolute Gasteiger partial charge is 0.227 e. The molecule has 0 saturated carbocycles. The highest BCUT2D eigenvalue weighted by molar-refractivity contribution is 5.95. The largest absolute Gasteiger partial charge is 0.287 e. The minimum atomic E-state index is 0.103. The van der Waals surface area contributed by atoms with Gasteiger partial charge in [-0.2, -0.15) is 4.57 Å². The van der Waals surface area contributed by atoms with E-state index in [1.807, 2.05) is 47.2 Å². The van der Waals surface area contributed by atoms with Gasteiger partial charge >= 0.3 is 0 Å². The van der Waals surface area contributed by atoms with Crippen LogP contribution in [0.25, 0.3) is 10.9 Å². The minimum absolute atomic E-state index is 0.103. The third-order valence-corrected chi connectivity index (χ3v) is 4.17. The second kappa shape index (κ2) is 5.96. The van der Waals surface area contributed by atoms with Crippen LogP contribution in [0.3, 0.4) is 0 Å². The van der Waals surface area contributed by atoms with Gasteiger partial charge in [-0.15, -0.1) is 0 Å². The number of benzene rings is 2. The van der Waals surface area contributed by atoms with Crippen LogP contribution in [-0.4, -0.2) is 5.78 Å². The van der Waals surface area contributed by atoms with Crippen LogP contribution in [0.4, 0.5) is 0 Å². The molecule has 0 aliphatic rings. The van der Waals surface area contributed by atoms with Crippen molar-refractivity contribution in [3.63, 3.8) is 0 Å². The van der Waals surface area contributed by atoms with Crippen molar-refractivity contribution >= 4 is 16.7 Å². The van der Waals surface area contributed by atoms with Crippen LogP contribution in [0.15, 0.2) is 66.9 Å². The van der Waals surface area contributed by atoms with Crippen LogP contribution >= 0.6 is 0 Å². The van der Waals surface area contributed by atoms with Gasteiger partial charge in [0.2, 0.25) is 17.8 Å². The number of rotatable bonds is 3. The Bertz CT molecular complexity index is 836. The zero-order valence-electron chi connectivity index (χ0n) is 13.9. The van der Waals surface area contributed by atoms with E-state index in [2.05, 4.69) is 45.0 Å². The molecule has 1 aromatic heterocycles. The zero-order valence-corrected chi connectivity index (χ0v) is 13.9. The fourth-order valence-corrected chi connectivity index (χ4v) is 2.76. The monoisotopic (exact) mass is 304 g/mol. The number of fused-ring (bicyclic) bond motifs is 1. The van der Waals surface area contributed by atoms with E-state index in [-0.39, 0.29) is 11.2 Å². The van der Waals surface area contributed by atoms with Gasteiger partial charge in [-0.1, -0.05) is 57.2 Å². The number of carbonyl (C=O) groups excluding carboxylic acids is 1. The van der Waals surface area contributed by atoms with Crippen molar-refractivity contribution in [1.82, 2.24) is 0 Å². The Labute approximate surface area is 137 Å². The van der Waals surface area contributed by atoms with Crippen LogP contribution in [0.1, 0.15) is 36.7 Å². The average Bonchev–Trinajstić information content (AvgIpc) is 2.54. The molecule has 0 atom stereocenters. The molecule has 0 saturated heterocycles. The standard InChI is InChI=1S/C21H22NO/c1-21(2,3)18-12-10-17(11-13-18)20(23)15-22-14-6-8-16-7-4-5-9-19(16)22/h4-14H,15H2,1-3H3/q+1. The summed E-state index contributed by atoms with van der Waals surface area (Å²) in [7, 11) is 0. The van der Waals surface area contributed by atoms with E-state index in [0.29, 0.717) is 6.54 Å². The number of hydrogen-bond acceptors (Lipinski definition) is 1. The molecule has 0 bridgehead atoms. The maximum absolute atomic E-state index is 12.6. The van der Waals surface area contributed by atoms with Crippen LogP contribution < -0.4 is 4.57 Å². The summed E-state index contributed by atoms with van der Waals surface area (Å²) in [5.41, 5.74) is 3.19. The van der Waals surface area contributed by atoms with Crippen molar-refractivity contribution in [1.29, 1.82) is 0 Å². The molecule has 0 fully saturated rings. The summed E-state index contributed by atoms with van der Waals surface area (Å²) < 4.78 is 2.01. The number of Topliss-reactive ketones (excluding diaryl/α,β-unsaturated/α-hetero) is 1. The predicted molar refractivity (Wildman–Crippen MR) is 93.6 cm³/mol. The molecular weight excluding hydrogens is 282 g/mol. The Hall–Kier alpha value is -2.48. The van der Waals surface area contributed by atoms with E-state index in [9.17, 15) is 4.79 Å². The van der Waals surface area contributed by atoms with Crippen molar-refractivity contribution in [3.05, 3.63) is 78.0 Å². The maximum Gasteiger partial charge on any atom is 0.227 e. The van der Waals surface area contributed by atoms with Gasteiger partial charge in [0.1, 0.15) is 0 Å². The van der Waals surface area contributed by atoms with Gasteiger partial charge in [-0.3, -0.25) is 4.79 Å². The quantitative estimate of drug-likeness (QED) is 0.522. The van der Waals surface area contributed by atoms with Crippen LogP contribution in [0.2, 0.25) is 0 Å². The van der Waals surface area contributed by atoms with Crippen molar-refractivity contribution in [2.75, 3.05) is 0 Å². The van der Waals surface area contributed by atoms with Crippen molar-refractivity contribution in [2.24, 2.45) is 0 Å². The summed E-state index contributed by atoms with van der Waals surface area (Å²) in [5, 5.41) is 1.14. The first-order valence-corrected chi connectivity index (χ1v) is 7.96. The molecule has 3 rings (SSSR count). The van der Waals surface area contributed by atoms with Gasteiger partial charge in [0, 0.05) is 23.1 Å². The first-order valence-electron chi connectivity index (χ1n) is 7.96. The molecule has 116 valence electrons. The van der Waals surface area contributed by atoms with E-state index in [1.165, 1.54) is 5.56 Å². The second-order valence-electron chi connectivity index (χ2n) is 6.95. The number of para-hydroxylation sites is 1. The molecule has 0 spiro atoms. The normalized spacial score (nSPS) is 11.6. The third kappa shape index (κ3) is 3.31. The van der Waals surface area contributed by atoms with Crippen LogP contribution in [0.5, 0.6) is 0 Å². The Morgan fingerprint density at radius 2 is 1.57 bits per heavy atom. The molecule has 0 radical (unpaired) electrons. The molecule has 3 aromatic rings. The molecule has 2 nitrogen and oxygen atoms in total. The number of carbonyl (C=O) groups is 1. The lowest BCUT2D eigenvalue weighted by molar-refractivity contribution is -0.657. The minimum Gasteiger partial charge on any atom is -0.287 e. The van der Waals surface area contributed by atoms with Crippen molar-refractivity contribution in [2.45, 2.75) is 32.7 Å². The number of pyridine rings is 1. The summed E-state index contributed by atoms with van der Waals surface area (Å²) in [4.78, 5) is 12.6. The van der Waals surface area contributed by atoms with E-state index in [4.69, 9.17) is 0 Å². The highest BCUT2D eigenvalue weighted by atomic mass is 16.1. The topological polar surface area (TPSA) is 20.9 Å². The Morgan fingerprint density at radius 3 is 2.26 bits per heavy atom. The van der Waals surface area contributed by atoms with E-state index < -0.39 is 0 Å². The molecular formula is C21H22NO+. The summed E-state index contributed by atoms with van der Waals surface area (Å²) >= 11 is 0. The first-order chi connectivity index (χ1) is 10.9. The van der Waals surface area contributed by atoms with Crippen molar-refractivity contribution < 1.29 is 9.36 Å². The van der Waals surface area contributed by atoms with Gasteiger partial charge in [0.15, 0.2) is 6.20 Å². The van der Waals surface area contributed by atoms with Gasteiger partial charge in [0.25, 0.3) is 0 Å². The Balaban J connectivity index is 1.86. The molecule has 23 heavy (non-hydrogen) atoms. The SMILES string of the molecule is CC(C)(C)c1ccc(C(=O)C[n+]2cccc3ccccc32)cc1. The molecule has 0 amide bonds.